The molecule has 0 fully saturated rings. The Hall–Kier alpha value is -8.32. The summed E-state index contributed by atoms with van der Waals surface area (Å²) in [6.45, 7) is 13.9. The molecule has 0 saturated carbocycles. The molecule has 0 N–H and O–H groups in total. The Balaban J connectivity index is 1.11. The Morgan fingerprint density at radius 1 is 0.392 bits per heavy atom. The van der Waals surface area contributed by atoms with Gasteiger partial charge in [0, 0.05) is 80.8 Å². The normalized spacial score (nSPS) is 13.5. The highest BCUT2D eigenvalue weighted by Crippen LogP contribution is 2.50. The van der Waals surface area contributed by atoms with Crippen LogP contribution < -0.4 is 20.6 Å². The van der Waals surface area contributed by atoms with Crippen molar-refractivity contribution in [2.75, 3.05) is 4.90 Å². The second-order valence-electron chi connectivity index (χ2n) is 22.9. The summed E-state index contributed by atoms with van der Waals surface area (Å²) in [5, 5.41) is 11.4. The number of aromatic nitrogens is 3. The molecule has 14 aromatic rings. The summed E-state index contributed by atoms with van der Waals surface area (Å²) < 4.78 is 10.5. The van der Waals surface area contributed by atoms with Crippen LogP contribution in [0, 0.1) is 0 Å². The van der Waals surface area contributed by atoms with Crippen LogP contribution in [0.5, 0.6) is 0 Å². The van der Waals surface area contributed by atoms with E-state index in [4.69, 9.17) is 0 Å². The maximum absolute atomic E-state index is 2.66. The largest absolute Gasteiger partial charge is 0.310 e. The second-order valence-corrected chi connectivity index (χ2v) is 24.0. The van der Waals surface area contributed by atoms with Gasteiger partial charge in [0.15, 0.2) is 0 Å². The molecule has 0 spiro atoms. The van der Waals surface area contributed by atoms with Crippen LogP contribution in [0.2, 0.25) is 0 Å². The first-order valence-corrected chi connectivity index (χ1v) is 26.9. The summed E-state index contributed by atoms with van der Waals surface area (Å²) >= 11 is 1.99. The average molecular weight is 967 g/mol. The molecule has 16 rings (SSSR count). The predicted octanol–water partition coefficient (Wildman–Crippen LogP) is 16.6. The van der Waals surface area contributed by atoms with E-state index in [-0.39, 0.29) is 17.5 Å². The quantitative estimate of drug-likeness (QED) is 0.161. The minimum Gasteiger partial charge on any atom is -0.310 e. The minimum absolute atomic E-state index is 0.00357. The zero-order valence-electron chi connectivity index (χ0n) is 42.3. The number of nitrogens with zero attached hydrogens (tertiary/aromatic N) is 4. The van der Waals surface area contributed by atoms with Gasteiger partial charge in [-0.2, -0.15) is 0 Å². The van der Waals surface area contributed by atoms with E-state index in [9.17, 15) is 0 Å². The topological polar surface area (TPSA) is 18.0 Å². The van der Waals surface area contributed by atoms with Gasteiger partial charge in [-0.3, -0.25) is 0 Å². The monoisotopic (exact) mass is 966 g/mol. The van der Waals surface area contributed by atoms with Crippen LogP contribution in [0.25, 0.3) is 103 Å². The number of thiophene rings is 1. The first-order chi connectivity index (χ1) is 36.0. The van der Waals surface area contributed by atoms with Crippen molar-refractivity contribution in [3.05, 3.63) is 211 Å². The number of hydrogen-bond donors (Lipinski definition) is 0. The lowest BCUT2D eigenvalue weighted by molar-refractivity contribution is 0.590. The van der Waals surface area contributed by atoms with Gasteiger partial charge in [-0.25, -0.2) is 0 Å². The molecule has 352 valence electrons. The summed E-state index contributed by atoms with van der Waals surface area (Å²) in [5.74, 6) is 0. The van der Waals surface area contributed by atoms with Crippen LogP contribution in [0.1, 0.15) is 52.7 Å². The maximum Gasteiger partial charge on any atom is 0.264 e. The molecule has 0 aliphatic carbocycles. The molecule has 6 heterocycles. The van der Waals surface area contributed by atoms with Crippen LogP contribution >= 0.6 is 11.3 Å². The molecule has 6 heteroatoms. The van der Waals surface area contributed by atoms with E-state index in [2.05, 4.69) is 260 Å². The third-order valence-corrected chi connectivity index (χ3v) is 17.9. The van der Waals surface area contributed by atoms with Crippen molar-refractivity contribution in [3.8, 4) is 17.1 Å². The summed E-state index contributed by atoms with van der Waals surface area (Å²) in [4.78, 5) is 2.64. The van der Waals surface area contributed by atoms with Gasteiger partial charge >= 0.3 is 0 Å². The van der Waals surface area contributed by atoms with Crippen LogP contribution in [-0.4, -0.2) is 20.4 Å². The Labute approximate surface area is 434 Å². The molecule has 0 bridgehead atoms. The highest BCUT2D eigenvalue weighted by Gasteiger charge is 2.45. The van der Waals surface area contributed by atoms with E-state index < -0.39 is 0 Å². The third kappa shape index (κ3) is 5.58. The Morgan fingerprint density at radius 2 is 1.00 bits per heavy atom. The second kappa shape index (κ2) is 14.7. The SMILES string of the molecule is CC(C)(C)c1ccc(N2c3cc(-n4c5ccccc5c5ccc6ccccc6c54)cc4c3B(c3sc5cc(C(C)(C)C)ccc5c32)c2cccc3c5c(ccc6c7ccccc7n(-c7ccccc7)c65)n-4c23)cc1. The van der Waals surface area contributed by atoms with Gasteiger partial charge in [-0.1, -0.05) is 181 Å². The zero-order chi connectivity index (χ0) is 49.5. The molecule has 0 radical (unpaired) electrons. The molecule has 0 unspecified atom stereocenters. The molecule has 2 aliphatic heterocycles. The number of anilines is 3. The fourth-order valence-corrected chi connectivity index (χ4v) is 14.6. The van der Waals surface area contributed by atoms with Crippen molar-refractivity contribution in [2.45, 2.75) is 52.4 Å². The summed E-state index contributed by atoms with van der Waals surface area (Å²) in [6.07, 6.45) is 0. The Morgan fingerprint density at radius 3 is 1.74 bits per heavy atom. The number of para-hydroxylation sites is 4. The Kier molecular flexibility index (Phi) is 8.37. The van der Waals surface area contributed by atoms with Gasteiger partial charge in [0.1, 0.15) is 0 Å². The van der Waals surface area contributed by atoms with Gasteiger partial charge in [0.05, 0.1) is 39.0 Å². The zero-order valence-corrected chi connectivity index (χ0v) is 43.1. The lowest BCUT2D eigenvalue weighted by atomic mass is 9.36. The molecule has 2 aliphatic rings. The lowest BCUT2D eigenvalue weighted by Gasteiger charge is -2.39. The van der Waals surface area contributed by atoms with Crippen molar-refractivity contribution in [3.63, 3.8) is 0 Å². The van der Waals surface area contributed by atoms with Gasteiger partial charge < -0.3 is 18.6 Å². The van der Waals surface area contributed by atoms with Gasteiger partial charge in [0.2, 0.25) is 0 Å². The molecular formula is C68H51BN4S. The van der Waals surface area contributed by atoms with Crippen molar-refractivity contribution >= 4 is 137 Å². The standard InChI is InChI=1S/C68H51BN4S/c1-67(2,3)41-28-31-44(32-29-41)71-57-38-45(72-55-26-15-12-21-47(55)49-33-27-40-17-10-11-20-46(40)62(49)72)39-58-61(57)69(66-65(71)51-34-30-42(68(4,5)6)37-59(51)74-66)53-24-16-23-52-60-56(73(58)63(52)53)36-35-50-48-22-13-14-25-54(48)70(64(50)60)43-18-8-7-9-19-43/h7-39H,1-6H3. The molecular weight excluding hydrogens is 916 g/mol. The highest BCUT2D eigenvalue weighted by molar-refractivity contribution is 7.33. The van der Waals surface area contributed by atoms with Crippen molar-refractivity contribution in [2.24, 2.45) is 0 Å². The Bertz CT molecular complexity index is 4740. The van der Waals surface area contributed by atoms with Crippen molar-refractivity contribution < 1.29 is 0 Å². The van der Waals surface area contributed by atoms with Crippen LogP contribution in [0.4, 0.5) is 17.1 Å². The summed E-state index contributed by atoms with van der Waals surface area (Å²) in [7, 11) is 0. The minimum atomic E-state index is -0.0143. The first kappa shape index (κ1) is 42.2. The highest BCUT2D eigenvalue weighted by atomic mass is 32.1. The number of hydrogen-bond acceptors (Lipinski definition) is 2. The van der Waals surface area contributed by atoms with Crippen molar-refractivity contribution in [1.29, 1.82) is 0 Å². The van der Waals surface area contributed by atoms with E-state index in [0.717, 1.165) is 11.4 Å². The predicted molar refractivity (Wildman–Crippen MR) is 319 cm³/mol. The molecule has 0 amide bonds. The fraction of sp³-hybridized carbons (Fsp3) is 0.118. The summed E-state index contributed by atoms with van der Waals surface area (Å²) in [6, 6.07) is 76.3. The smallest absolute Gasteiger partial charge is 0.264 e. The van der Waals surface area contributed by atoms with Gasteiger partial charge in [-0.05, 0) is 98.9 Å². The van der Waals surface area contributed by atoms with Crippen LogP contribution in [0.15, 0.2) is 200 Å². The van der Waals surface area contributed by atoms with E-state index in [1.807, 2.05) is 11.3 Å². The molecule has 0 atom stereocenters. The lowest BCUT2D eigenvalue weighted by Crippen LogP contribution is -2.59. The van der Waals surface area contributed by atoms with E-state index in [0.29, 0.717) is 0 Å². The van der Waals surface area contributed by atoms with Crippen LogP contribution in [-0.2, 0) is 10.8 Å². The number of fused-ring (bicyclic) bond motifs is 18. The first-order valence-electron chi connectivity index (χ1n) is 26.1. The molecule has 4 aromatic heterocycles. The number of benzene rings is 10. The third-order valence-electron chi connectivity index (χ3n) is 16.7. The van der Waals surface area contributed by atoms with E-state index in [1.54, 1.807) is 0 Å². The number of rotatable bonds is 3. The van der Waals surface area contributed by atoms with Crippen LogP contribution in [0.3, 0.4) is 0 Å². The van der Waals surface area contributed by atoms with Gasteiger partial charge in [0.25, 0.3) is 6.71 Å². The van der Waals surface area contributed by atoms with Crippen molar-refractivity contribution in [1.82, 2.24) is 13.7 Å². The molecule has 4 nitrogen and oxygen atoms in total. The maximum atomic E-state index is 2.66. The average Bonchev–Trinajstić information content (AvgIpc) is 4.31. The van der Waals surface area contributed by atoms with E-state index >= 15 is 0 Å². The summed E-state index contributed by atoms with van der Waals surface area (Å²) in [5.41, 5.74) is 20.0. The van der Waals surface area contributed by atoms with Gasteiger partial charge in [-0.15, -0.1) is 11.3 Å². The fourth-order valence-electron chi connectivity index (χ4n) is 13.3. The molecule has 74 heavy (non-hydrogen) atoms. The molecule has 10 aromatic carbocycles. The van der Waals surface area contributed by atoms with E-state index in [1.165, 1.54) is 136 Å². The molecule has 0 saturated heterocycles.